The number of pyridine rings is 1. The Balaban J connectivity index is 2.04. The maximum atomic E-state index is 12.2. The minimum atomic E-state index is -0.338. The fourth-order valence-electron chi connectivity index (χ4n) is 2.13. The van der Waals surface area contributed by atoms with E-state index in [0.29, 0.717) is 29.2 Å². The molecule has 0 spiro atoms. The van der Waals surface area contributed by atoms with Crippen LogP contribution in [0.15, 0.2) is 42.5 Å². The first-order chi connectivity index (χ1) is 11.8. The molecule has 0 aliphatic rings. The van der Waals surface area contributed by atoms with Gasteiger partial charge in [0.2, 0.25) is 5.91 Å². The molecule has 0 atom stereocenters. The van der Waals surface area contributed by atoms with Gasteiger partial charge in [0.25, 0.3) is 5.91 Å². The molecule has 0 aliphatic carbocycles. The van der Waals surface area contributed by atoms with Crippen molar-refractivity contribution in [1.82, 2.24) is 4.98 Å². The van der Waals surface area contributed by atoms with Crippen molar-refractivity contribution in [2.75, 3.05) is 10.6 Å². The summed E-state index contributed by atoms with van der Waals surface area (Å²) in [6.07, 6.45) is 0.372. The maximum Gasteiger partial charge on any atom is 0.256 e. The van der Waals surface area contributed by atoms with Gasteiger partial charge in [0.15, 0.2) is 0 Å². The van der Waals surface area contributed by atoms with E-state index in [4.69, 9.17) is 5.26 Å². The van der Waals surface area contributed by atoms with Gasteiger partial charge in [-0.3, -0.25) is 9.59 Å². The fraction of sp³-hybridized carbons (Fsp3) is 0.263. The molecule has 0 bridgehead atoms. The average molecular weight is 336 g/mol. The summed E-state index contributed by atoms with van der Waals surface area (Å²) in [5.74, 6) is 0.250. The Labute approximate surface area is 146 Å². The lowest BCUT2D eigenvalue weighted by Crippen LogP contribution is -2.20. The highest BCUT2D eigenvalue weighted by atomic mass is 16.2. The molecule has 0 saturated carbocycles. The van der Waals surface area contributed by atoms with E-state index in [2.05, 4.69) is 15.6 Å². The lowest BCUT2D eigenvalue weighted by atomic mass is 9.92. The maximum absolute atomic E-state index is 12.2. The van der Waals surface area contributed by atoms with Crippen LogP contribution >= 0.6 is 0 Å². The summed E-state index contributed by atoms with van der Waals surface area (Å²) in [7, 11) is 0. The summed E-state index contributed by atoms with van der Waals surface area (Å²) in [5.41, 5.74) is 0.784. The molecule has 2 amide bonds. The topological polar surface area (TPSA) is 94.9 Å². The van der Waals surface area contributed by atoms with Gasteiger partial charge in [0.1, 0.15) is 11.6 Å². The van der Waals surface area contributed by atoms with Gasteiger partial charge in [-0.2, -0.15) is 5.26 Å². The number of nitrogens with zero attached hydrogens (tertiary/aromatic N) is 2. The van der Waals surface area contributed by atoms with Gasteiger partial charge in [0, 0.05) is 12.0 Å². The zero-order chi connectivity index (χ0) is 18.4. The number of nitrogens with one attached hydrogen (secondary N) is 2. The van der Waals surface area contributed by atoms with Crippen LogP contribution in [0.5, 0.6) is 0 Å². The Morgan fingerprint density at radius 1 is 1.04 bits per heavy atom. The summed E-state index contributed by atoms with van der Waals surface area (Å²) >= 11 is 0. The van der Waals surface area contributed by atoms with E-state index in [1.807, 2.05) is 26.8 Å². The molecule has 0 unspecified atom stereocenters. The normalized spacial score (nSPS) is 10.6. The Morgan fingerprint density at radius 3 is 2.20 bits per heavy atom. The van der Waals surface area contributed by atoms with Gasteiger partial charge in [-0.25, -0.2) is 4.98 Å². The number of rotatable bonds is 4. The minimum Gasteiger partial charge on any atom is -0.311 e. The number of aromatic nitrogens is 1. The minimum absolute atomic E-state index is 0.120. The third kappa shape index (κ3) is 5.74. The quantitative estimate of drug-likeness (QED) is 0.892. The number of carbonyl (C=O) groups is 2. The van der Waals surface area contributed by atoms with E-state index in [-0.39, 0.29) is 17.2 Å². The van der Waals surface area contributed by atoms with Crippen molar-refractivity contribution in [1.29, 1.82) is 5.26 Å². The molecule has 0 saturated heterocycles. The first-order valence-electron chi connectivity index (χ1n) is 7.85. The Hall–Kier alpha value is -3.20. The monoisotopic (exact) mass is 336 g/mol. The van der Waals surface area contributed by atoms with Crippen molar-refractivity contribution in [2.45, 2.75) is 27.2 Å². The lowest BCUT2D eigenvalue weighted by Gasteiger charge is -2.17. The summed E-state index contributed by atoms with van der Waals surface area (Å²) in [6, 6.07) is 13.3. The molecule has 1 heterocycles. The van der Waals surface area contributed by atoms with Crippen LogP contribution in [0.4, 0.5) is 11.6 Å². The molecule has 0 aliphatic heterocycles. The Kier molecular flexibility index (Phi) is 5.50. The van der Waals surface area contributed by atoms with Gasteiger partial charge >= 0.3 is 0 Å². The van der Waals surface area contributed by atoms with Crippen LogP contribution in [-0.2, 0) is 4.79 Å². The highest BCUT2D eigenvalue weighted by Crippen LogP contribution is 2.19. The van der Waals surface area contributed by atoms with Crippen molar-refractivity contribution in [3.63, 3.8) is 0 Å². The third-order valence-corrected chi connectivity index (χ3v) is 3.23. The predicted octanol–water partition coefficient (Wildman–Crippen LogP) is 3.58. The molecule has 0 radical (unpaired) electrons. The van der Waals surface area contributed by atoms with E-state index in [1.165, 1.54) is 0 Å². The summed E-state index contributed by atoms with van der Waals surface area (Å²) < 4.78 is 0. The molecule has 2 aromatic rings. The highest BCUT2D eigenvalue weighted by molar-refractivity contribution is 6.04. The molecule has 6 heteroatoms. The second-order valence-corrected chi connectivity index (χ2v) is 6.84. The lowest BCUT2D eigenvalue weighted by molar-refractivity contribution is -0.117. The van der Waals surface area contributed by atoms with E-state index < -0.39 is 0 Å². The standard InChI is InChI=1S/C19H20N4O2/c1-19(2,3)11-17(24)22-15-5-4-6-16(21-15)23-18(25)14-9-7-13(12-20)8-10-14/h4-10H,11H2,1-3H3,(H2,21,22,23,24,25). The van der Waals surface area contributed by atoms with Crippen LogP contribution < -0.4 is 10.6 Å². The highest BCUT2D eigenvalue weighted by Gasteiger charge is 2.16. The SMILES string of the molecule is CC(C)(C)CC(=O)Nc1cccc(NC(=O)c2ccc(C#N)cc2)n1. The number of nitriles is 1. The molecule has 0 fully saturated rings. The van der Waals surface area contributed by atoms with Crippen LogP contribution in [0.2, 0.25) is 0 Å². The van der Waals surface area contributed by atoms with Gasteiger partial charge in [-0.05, 0) is 41.8 Å². The zero-order valence-corrected chi connectivity index (χ0v) is 14.5. The molecular weight excluding hydrogens is 316 g/mol. The van der Waals surface area contributed by atoms with E-state index in [1.54, 1.807) is 42.5 Å². The first-order valence-corrected chi connectivity index (χ1v) is 7.85. The number of carbonyl (C=O) groups excluding carboxylic acids is 2. The number of hydrogen-bond donors (Lipinski definition) is 2. The van der Waals surface area contributed by atoms with Gasteiger partial charge < -0.3 is 10.6 Å². The molecular formula is C19H20N4O2. The average Bonchev–Trinajstić information content (AvgIpc) is 2.53. The summed E-state index contributed by atoms with van der Waals surface area (Å²) in [6.45, 7) is 5.94. The largest absolute Gasteiger partial charge is 0.311 e. The van der Waals surface area contributed by atoms with Crippen LogP contribution in [0.1, 0.15) is 43.1 Å². The molecule has 2 rings (SSSR count). The molecule has 2 N–H and O–H groups in total. The summed E-state index contributed by atoms with van der Waals surface area (Å²) in [4.78, 5) is 28.4. The fourth-order valence-corrected chi connectivity index (χ4v) is 2.13. The van der Waals surface area contributed by atoms with Crippen LogP contribution in [-0.4, -0.2) is 16.8 Å². The van der Waals surface area contributed by atoms with E-state index in [0.717, 1.165) is 0 Å². The molecule has 6 nitrogen and oxygen atoms in total. The van der Waals surface area contributed by atoms with Crippen molar-refractivity contribution >= 4 is 23.5 Å². The van der Waals surface area contributed by atoms with Crippen molar-refractivity contribution in [3.05, 3.63) is 53.6 Å². The zero-order valence-electron chi connectivity index (χ0n) is 14.5. The number of hydrogen-bond acceptors (Lipinski definition) is 4. The van der Waals surface area contributed by atoms with Gasteiger partial charge in [-0.15, -0.1) is 0 Å². The summed E-state index contributed by atoms with van der Waals surface area (Å²) in [5, 5.41) is 14.2. The Bertz CT molecular complexity index is 815. The van der Waals surface area contributed by atoms with Crippen LogP contribution in [0.25, 0.3) is 0 Å². The second-order valence-electron chi connectivity index (χ2n) is 6.84. The molecule has 25 heavy (non-hydrogen) atoms. The third-order valence-electron chi connectivity index (χ3n) is 3.23. The Morgan fingerprint density at radius 2 is 1.64 bits per heavy atom. The van der Waals surface area contributed by atoms with E-state index in [9.17, 15) is 9.59 Å². The number of anilines is 2. The van der Waals surface area contributed by atoms with Crippen LogP contribution in [0.3, 0.4) is 0 Å². The molecule has 1 aromatic heterocycles. The molecule has 1 aromatic carbocycles. The van der Waals surface area contributed by atoms with Crippen molar-refractivity contribution in [2.24, 2.45) is 5.41 Å². The van der Waals surface area contributed by atoms with E-state index >= 15 is 0 Å². The number of amides is 2. The van der Waals surface area contributed by atoms with Gasteiger partial charge in [0.05, 0.1) is 11.6 Å². The van der Waals surface area contributed by atoms with Crippen molar-refractivity contribution in [3.8, 4) is 6.07 Å². The van der Waals surface area contributed by atoms with Crippen molar-refractivity contribution < 1.29 is 9.59 Å². The second kappa shape index (κ2) is 7.58. The van der Waals surface area contributed by atoms with Gasteiger partial charge in [-0.1, -0.05) is 26.8 Å². The first kappa shape index (κ1) is 18.1. The van der Waals surface area contributed by atoms with Crippen LogP contribution in [0, 0.1) is 16.7 Å². The smallest absolute Gasteiger partial charge is 0.256 e. The predicted molar refractivity (Wildman–Crippen MR) is 96.0 cm³/mol. The number of benzene rings is 1. The molecule has 128 valence electrons.